The average Bonchev–Trinajstić information content (AvgIpc) is 2.19. The molecular weight excluding hydrogens is 176 g/mol. The van der Waals surface area contributed by atoms with E-state index in [1.807, 2.05) is 19.1 Å². The van der Waals surface area contributed by atoms with Crippen molar-refractivity contribution in [2.75, 3.05) is 6.61 Å². The molecule has 14 heavy (non-hydrogen) atoms. The molecule has 2 heteroatoms. The lowest BCUT2D eigenvalue weighted by Crippen LogP contribution is -2.38. The summed E-state index contributed by atoms with van der Waals surface area (Å²) in [5, 5.41) is 0. The van der Waals surface area contributed by atoms with Crippen molar-refractivity contribution in [1.29, 1.82) is 0 Å². The highest BCUT2D eigenvalue weighted by molar-refractivity contribution is 4.85. The molecule has 0 N–H and O–H groups in total. The van der Waals surface area contributed by atoms with Crippen LogP contribution < -0.4 is 0 Å². The lowest BCUT2D eigenvalue weighted by Gasteiger charge is -2.35. The fraction of sp³-hybridized carbons (Fsp3) is 0.833. The van der Waals surface area contributed by atoms with E-state index in [0.717, 1.165) is 19.4 Å². The van der Waals surface area contributed by atoms with Gasteiger partial charge in [0.05, 0.1) is 12.7 Å². The number of rotatable bonds is 4. The van der Waals surface area contributed by atoms with Crippen LogP contribution in [-0.2, 0) is 9.47 Å². The quantitative estimate of drug-likeness (QED) is 0.646. The van der Waals surface area contributed by atoms with E-state index in [9.17, 15) is 0 Å². The van der Waals surface area contributed by atoms with Crippen molar-refractivity contribution in [1.82, 2.24) is 0 Å². The standard InChI is InChI=1S/C12H22O2/c1-4-7-11-10(6-3)9-13-12(14-11)8-5-2/h5,8,10-12H,4,6-7,9H2,1-3H3/b8-5-/t10-,11+,12+/m1/s1. The summed E-state index contributed by atoms with van der Waals surface area (Å²) in [6, 6.07) is 0. The lowest BCUT2D eigenvalue weighted by molar-refractivity contribution is -0.215. The lowest BCUT2D eigenvalue weighted by atomic mass is 9.96. The molecule has 0 spiro atoms. The Hall–Kier alpha value is -0.340. The molecule has 1 fully saturated rings. The molecule has 0 bridgehead atoms. The topological polar surface area (TPSA) is 18.5 Å². The number of ether oxygens (including phenoxy) is 2. The van der Waals surface area contributed by atoms with Crippen molar-refractivity contribution in [2.24, 2.45) is 5.92 Å². The summed E-state index contributed by atoms with van der Waals surface area (Å²) < 4.78 is 11.5. The molecule has 82 valence electrons. The van der Waals surface area contributed by atoms with Gasteiger partial charge in [-0.05, 0) is 25.8 Å². The molecule has 0 aromatic heterocycles. The summed E-state index contributed by atoms with van der Waals surface area (Å²) in [6.07, 6.45) is 7.72. The minimum absolute atomic E-state index is 0.112. The summed E-state index contributed by atoms with van der Waals surface area (Å²) in [5.74, 6) is 0.580. The molecule has 1 saturated heterocycles. The van der Waals surface area contributed by atoms with Gasteiger partial charge in [0.25, 0.3) is 0 Å². The van der Waals surface area contributed by atoms with Gasteiger partial charge in [0.2, 0.25) is 0 Å². The van der Waals surface area contributed by atoms with Crippen LogP contribution in [0.4, 0.5) is 0 Å². The Morgan fingerprint density at radius 2 is 2.14 bits per heavy atom. The third kappa shape index (κ3) is 3.10. The van der Waals surface area contributed by atoms with E-state index in [1.54, 1.807) is 0 Å². The minimum atomic E-state index is -0.112. The Bertz CT molecular complexity index is 177. The number of allylic oxidation sites excluding steroid dienone is 1. The highest BCUT2D eigenvalue weighted by Gasteiger charge is 2.28. The van der Waals surface area contributed by atoms with Crippen LogP contribution in [0.25, 0.3) is 0 Å². The zero-order chi connectivity index (χ0) is 10.4. The number of hydrogen-bond acceptors (Lipinski definition) is 2. The second kappa shape index (κ2) is 6.20. The summed E-state index contributed by atoms with van der Waals surface area (Å²) >= 11 is 0. The minimum Gasteiger partial charge on any atom is -0.349 e. The van der Waals surface area contributed by atoms with Crippen molar-refractivity contribution in [3.63, 3.8) is 0 Å². The maximum atomic E-state index is 5.86. The largest absolute Gasteiger partial charge is 0.349 e. The summed E-state index contributed by atoms with van der Waals surface area (Å²) in [7, 11) is 0. The third-order valence-electron chi connectivity index (χ3n) is 2.76. The molecule has 1 aliphatic heterocycles. The van der Waals surface area contributed by atoms with Crippen molar-refractivity contribution < 1.29 is 9.47 Å². The van der Waals surface area contributed by atoms with E-state index >= 15 is 0 Å². The molecule has 0 unspecified atom stereocenters. The average molecular weight is 198 g/mol. The van der Waals surface area contributed by atoms with Crippen molar-refractivity contribution in [2.45, 2.75) is 52.4 Å². The van der Waals surface area contributed by atoms with Crippen LogP contribution in [0.5, 0.6) is 0 Å². The molecule has 3 atom stereocenters. The number of hydrogen-bond donors (Lipinski definition) is 0. The molecule has 0 saturated carbocycles. The second-order valence-electron chi connectivity index (χ2n) is 3.86. The molecule has 0 aromatic carbocycles. The van der Waals surface area contributed by atoms with Crippen LogP contribution in [-0.4, -0.2) is 19.0 Å². The van der Waals surface area contributed by atoms with Gasteiger partial charge < -0.3 is 9.47 Å². The first-order valence-corrected chi connectivity index (χ1v) is 5.71. The summed E-state index contributed by atoms with van der Waals surface area (Å²) in [4.78, 5) is 0. The van der Waals surface area contributed by atoms with E-state index in [0.29, 0.717) is 12.0 Å². The van der Waals surface area contributed by atoms with Gasteiger partial charge in [-0.2, -0.15) is 0 Å². The molecule has 1 rings (SSSR count). The van der Waals surface area contributed by atoms with Crippen LogP contribution >= 0.6 is 0 Å². The summed E-state index contributed by atoms with van der Waals surface area (Å²) in [6.45, 7) is 7.25. The summed E-state index contributed by atoms with van der Waals surface area (Å²) in [5.41, 5.74) is 0. The Labute approximate surface area is 87.3 Å². The van der Waals surface area contributed by atoms with E-state index in [2.05, 4.69) is 13.8 Å². The van der Waals surface area contributed by atoms with Crippen LogP contribution in [0.1, 0.15) is 40.0 Å². The maximum absolute atomic E-state index is 5.86. The molecule has 0 aliphatic carbocycles. The van der Waals surface area contributed by atoms with Gasteiger partial charge in [-0.25, -0.2) is 0 Å². The first-order chi connectivity index (χ1) is 6.81. The van der Waals surface area contributed by atoms with Crippen LogP contribution in [0.3, 0.4) is 0 Å². The Balaban J connectivity index is 2.47. The predicted octanol–water partition coefficient (Wildman–Crippen LogP) is 3.13. The van der Waals surface area contributed by atoms with E-state index in [4.69, 9.17) is 9.47 Å². The molecule has 2 nitrogen and oxygen atoms in total. The van der Waals surface area contributed by atoms with Crippen LogP contribution in [0.2, 0.25) is 0 Å². The van der Waals surface area contributed by atoms with E-state index < -0.39 is 0 Å². The molecular formula is C12H22O2. The Kier molecular flexibility index (Phi) is 5.20. The van der Waals surface area contributed by atoms with Gasteiger partial charge in [0.15, 0.2) is 6.29 Å². The molecule has 1 heterocycles. The molecule has 0 radical (unpaired) electrons. The first kappa shape index (κ1) is 11.7. The van der Waals surface area contributed by atoms with Gasteiger partial charge in [-0.15, -0.1) is 0 Å². The van der Waals surface area contributed by atoms with Gasteiger partial charge in [0, 0.05) is 5.92 Å². The highest BCUT2D eigenvalue weighted by atomic mass is 16.7. The predicted molar refractivity (Wildman–Crippen MR) is 58.1 cm³/mol. The maximum Gasteiger partial charge on any atom is 0.177 e. The van der Waals surface area contributed by atoms with Crippen molar-refractivity contribution >= 4 is 0 Å². The zero-order valence-electron chi connectivity index (χ0n) is 9.53. The third-order valence-corrected chi connectivity index (χ3v) is 2.76. The van der Waals surface area contributed by atoms with E-state index in [-0.39, 0.29) is 6.29 Å². The van der Waals surface area contributed by atoms with Crippen LogP contribution in [0.15, 0.2) is 12.2 Å². The van der Waals surface area contributed by atoms with Crippen LogP contribution in [0, 0.1) is 5.92 Å². The van der Waals surface area contributed by atoms with Crippen molar-refractivity contribution in [3.8, 4) is 0 Å². The SMILES string of the molecule is C/C=C\[C@H]1OC[C@@H](CC)[C@H](CCC)O1. The van der Waals surface area contributed by atoms with Gasteiger partial charge in [-0.3, -0.25) is 0 Å². The molecule has 0 amide bonds. The monoisotopic (exact) mass is 198 g/mol. The fourth-order valence-electron chi connectivity index (χ4n) is 1.88. The molecule has 0 aromatic rings. The Morgan fingerprint density at radius 1 is 1.36 bits per heavy atom. The molecule has 1 aliphatic rings. The van der Waals surface area contributed by atoms with Crippen molar-refractivity contribution in [3.05, 3.63) is 12.2 Å². The first-order valence-electron chi connectivity index (χ1n) is 5.71. The second-order valence-corrected chi connectivity index (χ2v) is 3.86. The van der Waals surface area contributed by atoms with Gasteiger partial charge in [-0.1, -0.05) is 26.3 Å². The normalized spacial score (nSPS) is 33.8. The smallest absolute Gasteiger partial charge is 0.177 e. The fourth-order valence-corrected chi connectivity index (χ4v) is 1.88. The highest BCUT2D eigenvalue weighted by Crippen LogP contribution is 2.25. The van der Waals surface area contributed by atoms with Gasteiger partial charge >= 0.3 is 0 Å². The zero-order valence-corrected chi connectivity index (χ0v) is 9.53. The van der Waals surface area contributed by atoms with E-state index in [1.165, 1.54) is 6.42 Å². The van der Waals surface area contributed by atoms with Gasteiger partial charge in [0.1, 0.15) is 0 Å². The Morgan fingerprint density at radius 3 is 2.71 bits per heavy atom.